The predicted molar refractivity (Wildman–Crippen MR) is 90.1 cm³/mol. The zero-order valence-electron chi connectivity index (χ0n) is 14.6. The molecule has 0 aliphatic carbocycles. The van der Waals surface area contributed by atoms with Gasteiger partial charge in [0, 0.05) is 6.07 Å². The van der Waals surface area contributed by atoms with Crippen molar-refractivity contribution in [3.63, 3.8) is 0 Å². The molecule has 2 aromatic carbocycles. The van der Waals surface area contributed by atoms with Crippen LogP contribution in [0.3, 0.4) is 0 Å². The van der Waals surface area contributed by atoms with Crippen LogP contribution < -0.4 is 61.2 Å². The van der Waals surface area contributed by atoms with E-state index in [9.17, 15) is 18.1 Å². The van der Waals surface area contributed by atoms with Gasteiger partial charge in [0.1, 0.15) is 11.5 Å². The van der Waals surface area contributed by atoms with Gasteiger partial charge in [0.15, 0.2) is 0 Å². The standard InChI is InChI=1S/C18H22O5S.K/c1-2-3-4-8-11-16-17(19)12-15(24(20,21)22)13-18(16)23-14-9-6-5-7-10-14;/h5-7,9-10,12-13,19H,2-4,8,11H2,1H3,(H,20,21,22);/q;+1/p-1. The van der Waals surface area contributed by atoms with Crippen molar-refractivity contribution in [1.82, 2.24) is 0 Å². The normalized spacial score (nSPS) is 11.0. The molecule has 0 spiro atoms. The summed E-state index contributed by atoms with van der Waals surface area (Å²) in [4.78, 5) is -0.448. The second-order valence-electron chi connectivity index (χ2n) is 5.60. The van der Waals surface area contributed by atoms with Crippen LogP contribution >= 0.6 is 0 Å². The van der Waals surface area contributed by atoms with E-state index in [1.807, 2.05) is 6.07 Å². The Balaban J connectivity index is 0.00000312. The first-order valence-electron chi connectivity index (χ1n) is 7.96. The van der Waals surface area contributed by atoms with Crippen molar-refractivity contribution in [2.75, 3.05) is 0 Å². The molecule has 0 saturated carbocycles. The molecule has 2 rings (SSSR count). The number of hydrogen-bond donors (Lipinski definition) is 1. The number of rotatable bonds is 8. The van der Waals surface area contributed by atoms with Crippen LogP contribution in [-0.2, 0) is 16.5 Å². The van der Waals surface area contributed by atoms with E-state index < -0.39 is 20.8 Å². The Hall–Kier alpha value is -0.414. The van der Waals surface area contributed by atoms with Crippen LogP contribution in [0.1, 0.15) is 38.2 Å². The van der Waals surface area contributed by atoms with Crippen LogP contribution in [0.15, 0.2) is 47.4 Å². The van der Waals surface area contributed by atoms with Gasteiger partial charge in [-0.05, 0) is 36.6 Å². The van der Waals surface area contributed by atoms with Gasteiger partial charge >= 0.3 is 51.4 Å². The van der Waals surface area contributed by atoms with Crippen LogP contribution in [0.4, 0.5) is 0 Å². The molecule has 0 atom stereocenters. The molecule has 0 bridgehead atoms. The van der Waals surface area contributed by atoms with E-state index in [0.717, 1.165) is 31.7 Å². The molecule has 1 N–H and O–H groups in total. The molecule has 0 aliphatic rings. The van der Waals surface area contributed by atoms with Crippen LogP contribution in [-0.4, -0.2) is 13.0 Å². The fraction of sp³-hybridized carbons (Fsp3) is 0.333. The van der Waals surface area contributed by atoms with E-state index in [4.69, 9.17) is 4.74 Å². The van der Waals surface area contributed by atoms with Gasteiger partial charge < -0.3 is 9.84 Å². The summed E-state index contributed by atoms with van der Waals surface area (Å²) < 4.78 is 37.6. The molecule has 0 radical (unpaired) electrons. The molecule has 0 fully saturated rings. The molecule has 5 nitrogen and oxygen atoms in total. The molecule has 0 amide bonds. The maximum Gasteiger partial charge on any atom is 1.00 e. The summed E-state index contributed by atoms with van der Waals surface area (Å²) in [5, 5.41) is 12.3. The van der Waals surface area contributed by atoms with E-state index >= 15 is 0 Å². The minimum absolute atomic E-state index is 0. The van der Waals surface area contributed by atoms with Crippen molar-refractivity contribution in [2.24, 2.45) is 0 Å². The Kier molecular flexibility index (Phi) is 9.65. The van der Waals surface area contributed by atoms with Crippen molar-refractivity contribution in [1.29, 1.82) is 0 Å². The zero-order valence-corrected chi connectivity index (χ0v) is 18.5. The minimum atomic E-state index is -4.47. The summed E-state index contributed by atoms with van der Waals surface area (Å²) in [6.45, 7) is 2.10. The quantitative estimate of drug-likeness (QED) is 0.413. The SMILES string of the molecule is CCCCCCc1c([O-])cc(S(=O)(=O)O)cc1Oc1ccccc1.[K+]. The maximum absolute atomic E-state index is 12.3. The largest absolute Gasteiger partial charge is 1.00 e. The van der Waals surface area contributed by atoms with Gasteiger partial charge in [-0.25, -0.2) is 0 Å². The summed E-state index contributed by atoms with van der Waals surface area (Å²) in [5.41, 5.74) is 0.433. The molecular formula is C18H21KO5S. The molecule has 0 aliphatic heterocycles. The Morgan fingerprint density at radius 3 is 2.36 bits per heavy atom. The molecule has 130 valence electrons. The molecule has 2 aromatic rings. The second kappa shape index (κ2) is 10.7. The van der Waals surface area contributed by atoms with Gasteiger partial charge in [-0.1, -0.05) is 44.4 Å². The Bertz CT molecular complexity index is 776. The van der Waals surface area contributed by atoms with Gasteiger partial charge in [-0.15, -0.1) is 5.75 Å². The summed E-state index contributed by atoms with van der Waals surface area (Å²) >= 11 is 0. The van der Waals surface area contributed by atoms with Crippen molar-refractivity contribution in [2.45, 2.75) is 43.9 Å². The van der Waals surface area contributed by atoms with Gasteiger partial charge in [-0.3, -0.25) is 4.55 Å². The van der Waals surface area contributed by atoms with Crippen molar-refractivity contribution in [3.8, 4) is 17.2 Å². The third kappa shape index (κ3) is 7.01. The smallest absolute Gasteiger partial charge is 0.872 e. The molecule has 0 aromatic heterocycles. The fourth-order valence-corrected chi connectivity index (χ4v) is 2.94. The van der Waals surface area contributed by atoms with Crippen molar-refractivity contribution >= 4 is 10.1 Å². The van der Waals surface area contributed by atoms with Gasteiger partial charge in [0.2, 0.25) is 0 Å². The molecule has 7 heteroatoms. The van der Waals surface area contributed by atoms with Crippen molar-refractivity contribution < 1.29 is 74.2 Å². The first kappa shape index (κ1) is 22.6. The van der Waals surface area contributed by atoms with E-state index in [-0.39, 0.29) is 57.1 Å². The first-order valence-corrected chi connectivity index (χ1v) is 9.40. The van der Waals surface area contributed by atoms with Crippen molar-refractivity contribution in [3.05, 3.63) is 48.0 Å². The minimum Gasteiger partial charge on any atom is -0.872 e. The van der Waals surface area contributed by atoms with E-state index in [1.165, 1.54) is 6.07 Å². The van der Waals surface area contributed by atoms with E-state index in [0.29, 0.717) is 17.7 Å². The van der Waals surface area contributed by atoms with Gasteiger partial charge in [0.25, 0.3) is 10.1 Å². The monoisotopic (exact) mass is 388 g/mol. The average Bonchev–Trinajstić information content (AvgIpc) is 2.53. The number of ether oxygens (including phenoxy) is 1. The van der Waals surface area contributed by atoms with E-state index in [2.05, 4.69) is 6.92 Å². The Morgan fingerprint density at radius 2 is 1.76 bits per heavy atom. The number of unbranched alkanes of at least 4 members (excludes halogenated alkanes) is 3. The number of benzene rings is 2. The fourth-order valence-electron chi connectivity index (χ4n) is 2.43. The van der Waals surface area contributed by atoms with Gasteiger partial charge in [0.05, 0.1) is 4.90 Å². The number of para-hydroxylation sites is 1. The van der Waals surface area contributed by atoms with E-state index in [1.54, 1.807) is 24.3 Å². The average molecular weight is 389 g/mol. The molecule has 25 heavy (non-hydrogen) atoms. The maximum atomic E-state index is 12.3. The second-order valence-corrected chi connectivity index (χ2v) is 7.02. The Morgan fingerprint density at radius 1 is 1.08 bits per heavy atom. The Labute approximate surface area is 191 Å². The molecule has 0 heterocycles. The zero-order chi connectivity index (χ0) is 17.6. The molecule has 0 saturated heterocycles. The molecule has 0 unspecified atom stereocenters. The third-order valence-corrected chi connectivity index (χ3v) is 4.52. The summed E-state index contributed by atoms with van der Waals surface area (Å²) in [5.74, 6) is 0.240. The summed E-state index contributed by atoms with van der Waals surface area (Å²) in [7, 11) is -4.47. The van der Waals surface area contributed by atoms with Gasteiger partial charge in [-0.2, -0.15) is 8.42 Å². The summed E-state index contributed by atoms with van der Waals surface area (Å²) in [6, 6.07) is 11.0. The van der Waals surface area contributed by atoms with Crippen LogP contribution in [0, 0.1) is 0 Å². The van der Waals surface area contributed by atoms with Crippen LogP contribution in [0.25, 0.3) is 0 Å². The third-order valence-electron chi connectivity index (χ3n) is 3.69. The molecular weight excluding hydrogens is 367 g/mol. The predicted octanol–water partition coefficient (Wildman–Crippen LogP) is 0.926. The number of hydrogen-bond acceptors (Lipinski definition) is 4. The van der Waals surface area contributed by atoms with Crippen LogP contribution in [0.5, 0.6) is 17.2 Å². The van der Waals surface area contributed by atoms with Crippen LogP contribution in [0.2, 0.25) is 0 Å². The summed E-state index contributed by atoms with van der Waals surface area (Å²) in [6.07, 6.45) is 4.47. The topological polar surface area (TPSA) is 86.7 Å². The first-order chi connectivity index (χ1) is 11.4.